The molecule has 3 rings (SSSR count). The highest BCUT2D eigenvalue weighted by atomic mass is 35.5. The number of benzene rings is 1. The molecule has 110 valence electrons. The maximum atomic E-state index is 6.33. The number of anilines is 1. The van der Waals surface area contributed by atoms with Gasteiger partial charge in [-0.25, -0.2) is 0 Å². The highest BCUT2D eigenvalue weighted by Crippen LogP contribution is 2.35. The number of aryl methyl sites for hydroxylation is 1. The molecule has 3 unspecified atom stereocenters. The Morgan fingerprint density at radius 1 is 1.15 bits per heavy atom. The van der Waals surface area contributed by atoms with Crippen molar-refractivity contribution in [3.63, 3.8) is 0 Å². The zero-order valence-corrected chi connectivity index (χ0v) is 13.0. The van der Waals surface area contributed by atoms with Crippen LogP contribution in [0.3, 0.4) is 0 Å². The smallest absolute Gasteiger partial charge is 0.0637 e. The van der Waals surface area contributed by atoms with Gasteiger partial charge in [0.25, 0.3) is 0 Å². The van der Waals surface area contributed by atoms with Gasteiger partial charge in [0.1, 0.15) is 0 Å². The standard InChI is InChI=1S/C17H25ClN2/c1-12-8-9-14(18)17(11-12)20-16-7-4-5-13(16)15-6-2-3-10-19-15/h8-9,11,13,15-16,19-20H,2-7,10H2,1H3. The second-order valence-corrected chi connectivity index (χ2v) is 6.79. The maximum absolute atomic E-state index is 6.33. The molecule has 2 nitrogen and oxygen atoms in total. The van der Waals surface area contributed by atoms with Crippen molar-refractivity contribution in [1.29, 1.82) is 0 Å². The second kappa shape index (κ2) is 6.36. The SMILES string of the molecule is Cc1ccc(Cl)c(NC2CCCC2C2CCCCN2)c1. The first-order chi connectivity index (χ1) is 9.74. The first kappa shape index (κ1) is 14.2. The van der Waals surface area contributed by atoms with Crippen LogP contribution in [0.2, 0.25) is 5.02 Å². The van der Waals surface area contributed by atoms with Crippen LogP contribution < -0.4 is 10.6 Å². The molecule has 2 aliphatic rings. The van der Waals surface area contributed by atoms with E-state index in [0.717, 1.165) is 16.6 Å². The Morgan fingerprint density at radius 2 is 2.05 bits per heavy atom. The largest absolute Gasteiger partial charge is 0.381 e. The Morgan fingerprint density at radius 3 is 2.85 bits per heavy atom. The molecule has 2 fully saturated rings. The third kappa shape index (κ3) is 3.12. The zero-order chi connectivity index (χ0) is 13.9. The van der Waals surface area contributed by atoms with E-state index in [2.05, 4.69) is 29.7 Å². The van der Waals surface area contributed by atoms with Gasteiger partial charge in [-0.3, -0.25) is 0 Å². The summed E-state index contributed by atoms with van der Waals surface area (Å²) in [6.45, 7) is 3.31. The van der Waals surface area contributed by atoms with Gasteiger partial charge in [-0.2, -0.15) is 0 Å². The van der Waals surface area contributed by atoms with Crippen LogP contribution in [-0.2, 0) is 0 Å². The van der Waals surface area contributed by atoms with Crippen LogP contribution >= 0.6 is 11.6 Å². The predicted octanol–water partition coefficient (Wildman–Crippen LogP) is 4.37. The van der Waals surface area contributed by atoms with E-state index in [1.54, 1.807) is 0 Å². The summed E-state index contributed by atoms with van der Waals surface area (Å²) in [5.41, 5.74) is 2.38. The lowest BCUT2D eigenvalue weighted by molar-refractivity contribution is 0.286. The molecule has 1 saturated carbocycles. The van der Waals surface area contributed by atoms with Gasteiger partial charge < -0.3 is 10.6 Å². The summed E-state index contributed by atoms with van der Waals surface area (Å²) in [6.07, 6.45) is 8.01. The minimum absolute atomic E-state index is 0.574. The van der Waals surface area contributed by atoms with E-state index in [-0.39, 0.29) is 0 Å². The molecule has 20 heavy (non-hydrogen) atoms. The topological polar surface area (TPSA) is 24.1 Å². The average molecular weight is 293 g/mol. The Balaban J connectivity index is 1.70. The highest BCUT2D eigenvalue weighted by molar-refractivity contribution is 6.33. The lowest BCUT2D eigenvalue weighted by atomic mass is 9.88. The minimum Gasteiger partial charge on any atom is -0.381 e. The van der Waals surface area contributed by atoms with Gasteiger partial charge in [-0.15, -0.1) is 0 Å². The van der Waals surface area contributed by atoms with Crippen molar-refractivity contribution in [3.8, 4) is 0 Å². The maximum Gasteiger partial charge on any atom is 0.0637 e. The fourth-order valence-electron chi connectivity index (χ4n) is 3.84. The normalized spacial score (nSPS) is 30.4. The highest BCUT2D eigenvalue weighted by Gasteiger charge is 2.34. The summed E-state index contributed by atoms with van der Waals surface area (Å²) in [4.78, 5) is 0. The van der Waals surface area contributed by atoms with Crippen molar-refractivity contribution in [1.82, 2.24) is 5.32 Å². The molecule has 1 aliphatic heterocycles. The predicted molar refractivity (Wildman–Crippen MR) is 86.6 cm³/mol. The molecular formula is C17H25ClN2. The summed E-state index contributed by atoms with van der Waals surface area (Å²) in [7, 11) is 0. The Hall–Kier alpha value is -0.730. The third-order valence-corrected chi connectivity index (χ3v) is 5.23. The summed E-state index contributed by atoms with van der Waals surface area (Å²) in [5, 5.41) is 8.30. The van der Waals surface area contributed by atoms with E-state index < -0.39 is 0 Å². The monoisotopic (exact) mass is 292 g/mol. The van der Waals surface area contributed by atoms with Crippen molar-refractivity contribution in [2.45, 2.75) is 57.5 Å². The van der Waals surface area contributed by atoms with Crippen LogP contribution in [0.25, 0.3) is 0 Å². The molecule has 0 bridgehead atoms. The number of hydrogen-bond acceptors (Lipinski definition) is 2. The van der Waals surface area contributed by atoms with Crippen LogP contribution in [0.4, 0.5) is 5.69 Å². The lowest BCUT2D eigenvalue weighted by Crippen LogP contribution is -2.44. The quantitative estimate of drug-likeness (QED) is 0.864. The molecule has 0 aromatic heterocycles. The molecule has 1 heterocycles. The minimum atomic E-state index is 0.574. The molecule has 0 radical (unpaired) electrons. The Labute approximate surface area is 127 Å². The van der Waals surface area contributed by atoms with Crippen molar-refractivity contribution in [2.75, 3.05) is 11.9 Å². The van der Waals surface area contributed by atoms with Gasteiger partial charge in [-0.1, -0.05) is 30.5 Å². The molecule has 0 spiro atoms. The molecule has 1 aromatic rings. The van der Waals surface area contributed by atoms with Gasteiger partial charge in [0, 0.05) is 12.1 Å². The van der Waals surface area contributed by atoms with Gasteiger partial charge >= 0.3 is 0 Å². The van der Waals surface area contributed by atoms with Crippen molar-refractivity contribution in [3.05, 3.63) is 28.8 Å². The molecule has 3 heteroatoms. The Kier molecular flexibility index (Phi) is 4.52. The van der Waals surface area contributed by atoms with Crippen LogP contribution in [0.5, 0.6) is 0 Å². The number of hydrogen-bond donors (Lipinski definition) is 2. The summed E-state index contributed by atoms with van der Waals surface area (Å²) in [5.74, 6) is 0.756. The van der Waals surface area contributed by atoms with Gasteiger partial charge in [0.15, 0.2) is 0 Å². The van der Waals surface area contributed by atoms with Crippen LogP contribution in [0.15, 0.2) is 18.2 Å². The van der Waals surface area contributed by atoms with Crippen LogP contribution in [-0.4, -0.2) is 18.6 Å². The zero-order valence-electron chi connectivity index (χ0n) is 12.3. The van der Waals surface area contributed by atoms with E-state index in [9.17, 15) is 0 Å². The lowest BCUT2D eigenvalue weighted by Gasteiger charge is -2.33. The average Bonchev–Trinajstić information content (AvgIpc) is 2.92. The number of rotatable bonds is 3. The van der Waals surface area contributed by atoms with E-state index in [1.165, 1.54) is 50.6 Å². The van der Waals surface area contributed by atoms with Crippen molar-refractivity contribution in [2.24, 2.45) is 5.92 Å². The molecule has 3 atom stereocenters. The third-order valence-electron chi connectivity index (χ3n) is 4.90. The first-order valence-electron chi connectivity index (χ1n) is 8.00. The number of nitrogens with one attached hydrogen (secondary N) is 2. The van der Waals surface area contributed by atoms with Gasteiger partial charge in [0.2, 0.25) is 0 Å². The fraction of sp³-hybridized carbons (Fsp3) is 0.647. The van der Waals surface area contributed by atoms with Crippen molar-refractivity contribution < 1.29 is 0 Å². The van der Waals surface area contributed by atoms with E-state index >= 15 is 0 Å². The van der Waals surface area contributed by atoms with Gasteiger partial charge in [-0.05, 0) is 62.8 Å². The first-order valence-corrected chi connectivity index (χ1v) is 8.38. The molecule has 1 aliphatic carbocycles. The molecule has 1 aromatic carbocycles. The van der Waals surface area contributed by atoms with E-state index in [0.29, 0.717) is 12.1 Å². The van der Waals surface area contributed by atoms with Crippen LogP contribution in [0.1, 0.15) is 44.1 Å². The number of halogens is 1. The van der Waals surface area contributed by atoms with Crippen molar-refractivity contribution >= 4 is 17.3 Å². The summed E-state index contributed by atoms with van der Waals surface area (Å²) >= 11 is 6.33. The molecule has 1 saturated heterocycles. The second-order valence-electron chi connectivity index (χ2n) is 6.39. The molecule has 2 N–H and O–H groups in total. The van der Waals surface area contributed by atoms with E-state index in [1.807, 2.05) is 6.07 Å². The number of piperidine rings is 1. The van der Waals surface area contributed by atoms with E-state index in [4.69, 9.17) is 11.6 Å². The fourth-order valence-corrected chi connectivity index (χ4v) is 4.02. The van der Waals surface area contributed by atoms with Crippen LogP contribution in [0, 0.1) is 12.8 Å². The molecular weight excluding hydrogens is 268 g/mol. The molecule has 0 amide bonds. The summed E-state index contributed by atoms with van der Waals surface area (Å²) < 4.78 is 0. The summed E-state index contributed by atoms with van der Waals surface area (Å²) in [6, 6.07) is 7.52. The van der Waals surface area contributed by atoms with Gasteiger partial charge in [0.05, 0.1) is 10.7 Å². The Bertz CT molecular complexity index is 454.